The summed E-state index contributed by atoms with van der Waals surface area (Å²) in [6.45, 7) is 13.1. The zero-order valence-corrected chi connectivity index (χ0v) is 13.5. The zero-order valence-electron chi connectivity index (χ0n) is 13.5. The molecule has 0 spiro atoms. The summed E-state index contributed by atoms with van der Waals surface area (Å²) in [5.41, 5.74) is 0. The van der Waals surface area contributed by atoms with Gasteiger partial charge in [-0.25, -0.2) is 0 Å². The molecule has 0 aromatic heterocycles. The highest BCUT2D eigenvalue weighted by atomic mass is 16.2. The van der Waals surface area contributed by atoms with E-state index in [2.05, 4.69) is 35.5 Å². The number of likely N-dealkylation sites (tertiary alicyclic amines) is 1. The van der Waals surface area contributed by atoms with Crippen LogP contribution in [-0.4, -0.2) is 72.0 Å². The molecule has 0 radical (unpaired) electrons. The first kappa shape index (κ1) is 15.8. The monoisotopic (exact) mass is 281 g/mol. The first-order valence-electron chi connectivity index (χ1n) is 8.40. The lowest BCUT2D eigenvalue weighted by Crippen LogP contribution is -2.58. The van der Waals surface area contributed by atoms with Gasteiger partial charge < -0.3 is 9.80 Å². The minimum absolute atomic E-state index is 0.152. The molecule has 2 rings (SSSR count). The average molecular weight is 281 g/mol. The van der Waals surface area contributed by atoms with Crippen LogP contribution in [0, 0.1) is 0 Å². The van der Waals surface area contributed by atoms with Crippen molar-refractivity contribution in [1.29, 1.82) is 0 Å². The second-order valence-corrected chi connectivity index (χ2v) is 6.51. The van der Waals surface area contributed by atoms with Gasteiger partial charge in [0.05, 0.1) is 6.04 Å². The van der Waals surface area contributed by atoms with Gasteiger partial charge in [-0.3, -0.25) is 9.69 Å². The summed E-state index contributed by atoms with van der Waals surface area (Å²) in [5, 5.41) is 0. The minimum atomic E-state index is 0.152. The topological polar surface area (TPSA) is 26.8 Å². The molecule has 0 N–H and O–H groups in total. The second kappa shape index (κ2) is 7.41. The van der Waals surface area contributed by atoms with Gasteiger partial charge in [0.25, 0.3) is 0 Å². The van der Waals surface area contributed by atoms with Gasteiger partial charge in [-0.1, -0.05) is 13.3 Å². The molecule has 0 aromatic carbocycles. The van der Waals surface area contributed by atoms with E-state index in [4.69, 9.17) is 0 Å². The predicted molar refractivity (Wildman–Crippen MR) is 82.8 cm³/mol. The number of amides is 1. The van der Waals surface area contributed by atoms with Crippen molar-refractivity contribution in [2.75, 3.05) is 39.3 Å². The van der Waals surface area contributed by atoms with Crippen LogP contribution in [0.25, 0.3) is 0 Å². The smallest absolute Gasteiger partial charge is 0.240 e. The Morgan fingerprint density at radius 2 is 1.85 bits per heavy atom. The van der Waals surface area contributed by atoms with Gasteiger partial charge in [-0.05, 0) is 39.7 Å². The summed E-state index contributed by atoms with van der Waals surface area (Å²) in [5.74, 6) is 0.369. The van der Waals surface area contributed by atoms with Gasteiger partial charge in [-0.2, -0.15) is 0 Å². The standard InChI is InChI=1S/C16H31N3O/c1-4-5-8-17-10-12-18(13-11-17)15-7-6-9-19(14(2)3)16(15)20/h14-15H,4-13H2,1-3H3/t15-/m1/s1. The van der Waals surface area contributed by atoms with Crippen LogP contribution in [0.4, 0.5) is 0 Å². The zero-order chi connectivity index (χ0) is 14.5. The quantitative estimate of drug-likeness (QED) is 0.769. The number of hydrogen-bond donors (Lipinski definition) is 0. The van der Waals surface area contributed by atoms with Crippen LogP contribution >= 0.6 is 0 Å². The lowest BCUT2D eigenvalue weighted by Gasteiger charge is -2.43. The molecular formula is C16H31N3O. The molecular weight excluding hydrogens is 250 g/mol. The number of piperazine rings is 1. The Balaban J connectivity index is 1.85. The fraction of sp³-hybridized carbons (Fsp3) is 0.938. The van der Waals surface area contributed by atoms with Gasteiger partial charge in [-0.15, -0.1) is 0 Å². The van der Waals surface area contributed by atoms with Crippen LogP contribution in [0.5, 0.6) is 0 Å². The van der Waals surface area contributed by atoms with Gasteiger partial charge >= 0.3 is 0 Å². The molecule has 1 atom stereocenters. The molecule has 2 saturated heterocycles. The Kier molecular flexibility index (Phi) is 5.85. The Bertz CT molecular complexity index is 311. The maximum Gasteiger partial charge on any atom is 0.240 e. The van der Waals surface area contributed by atoms with Crippen molar-refractivity contribution in [3.05, 3.63) is 0 Å². The number of unbranched alkanes of at least 4 members (excludes halogenated alkanes) is 1. The molecule has 4 nitrogen and oxygen atoms in total. The molecule has 0 saturated carbocycles. The highest BCUT2D eigenvalue weighted by Crippen LogP contribution is 2.20. The van der Waals surface area contributed by atoms with Gasteiger partial charge in [0, 0.05) is 38.8 Å². The van der Waals surface area contributed by atoms with Crippen LogP contribution in [0.2, 0.25) is 0 Å². The summed E-state index contributed by atoms with van der Waals surface area (Å²) >= 11 is 0. The van der Waals surface area contributed by atoms with Crippen molar-refractivity contribution in [2.45, 2.75) is 58.5 Å². The molecule has 0 aromatic rings. The average Bonchev–Trinajstić information content (AvgIpc) is 2.46. The van der Waals surface area contributed by atoms with Crippen LogP contribution in [0.3, 0.4) is 0 Å². The predicted octanol–water partition coefficient (Wildman–Crippen LogP) is 1.80. The molecule has 2 fully saturated rings. The van der Waals surface area contributed by atoms with E-state index < -0.39 is 0 Å². The van der Waals surface area contributed by atoms with Crippen molar-refractivity contribution in [3.63, 3.8) is 0 Å². The van der Waals surface area contributed by atoms with Crippen molar-refractivity contribution < 1.29 is 4.79 Å². The van der Waals surface area contributed by atoms with E-state index in [0.29, 0.717) is 11.9 Å². The maximum absolute atomic E-state index is 12.6. The van der Waals surface area contributed by atoms with Crippen molar-refractivity contribution in [3.8, 4) is 0 Å². The fourth-order valence-electron chi connectivity index (χ4n) is 3.41. The summed E-state index contributed by atoms with van der Waals surface area (Å²) < 4.78 is 0. The summed E-state index contributed by atoms with van der Waals surface area (Å²) in [4.78, 5) is 19.6. The molecule has 0 bridgehead atoms. The van der Waals surface area contributed by atoms with E-state index in [9.17, 15) is 4.79 Å². The third kappa shape index (κ3) is 3.73. The minimum Gasteiger partial charge on any atom is -0.339 e. The molecule has 4 heteroatoms. The van der Waals surface area contributed by atoms with E-state index in [1.165, 1.54) is 19.4 Å². The molecule has 2 heterocycles. The lowest BCUT2D eigenvalue weighted by atomic mass is 10.0. The van der Waals surface area contributed by atoms with E-state index in [0.717, 1.165) is 45.6 Å². The van der Waals surface area contributed by atoms with Gasteiger partial charge in [0.2, 0.25) is 5.91 Å². The normalized spacial score (nSPS) is 26.5. The first-order chi connectivity index (χ1) is 9.63. The largest absolute Gasteiger partial charge is 0.339 e. The van der Waals surface area contributed by atoms with E-state index in [1.807, 2.05) is 0 Å². The number of hydrogen-bond acceptors (Lipinski definition) is 3. The Morgan fingerprint density at radius 1 is 1.15 bits per heavy atom. The second-order valence-electron chi connectivity index (χ2n) is 6.51. The highest BCUT2D eigenvalue weighted by Gasteiger charge is 2.35. The van der Waals surface area contributed by atoms with Crippen molar-refractivity contribution in [1.82, 2.24) is 14.7 Å². The van der Waals surface area contributed by atoms with Gasteiger partial charge in [0.1, 0.15) is 0 Å². The van der Waals surface area contributed by atoms with Crippen LogP contribution in [0.1, 0.15) is 46.5 Å². The Labute approximate surface area is 124 Å². The number of nitrogens with zero attached hydrogens (tertiary/aromatic N) is 3. The molecule has 0 aliphatic carbocycles. The van der Waals surface area contributed by atoms with E-state index in [1.54, 1.807) is 0 Å². The van der Waals surface area contributed by atoms with E-state index >= 15 is 0 Å². The van der Waals surface area contributed by atoms with Crippen LogP contribution in [-0.2, 0) is 4.79 Å². The SMILES string of the molecule is CCCCN1CCN([C@@H]2CCCN(C(C)C)C2=O)CC1. The first-order valence-corrected chi connectivity index (χ1v) is 8.40. The molecule has 116 valence electrons. The third-order valence-corrected chi connectivity index (χ3v) is 4.74. The van der Waals surface area contributed by atoms with E-state index in [-0.39, 0.29) is 6.04 Å². The molecule has 2 aliphatic rings. The van der Waals surface area contributed by atoms with Gasteiger partial charge in [0.15, 0.2) is 0 Å². The summed E-state index contributed by atoms with van der Waals surface area (Å²) in [6, 6.07) is 0.496. The molecule has 20 heavy (non-hydrogen) atoms. The molecule has 0 unspecified atom stereocenters. The maximum atomic E-state index is 12.6. The molecule has 1 amide bonds. The Hall–Kier alpha value is -0.610. The van der Waals surface area contributed by atoms with Crippen molar-refractivity contribution in [2.24, 2.45) is 0 Å². The number of carbonyl (C=O) groups excluding carboxylic acids is 1. The number of rotatable bonds is 5. The lowest BCUT2D eigenvalue weighted by molar-refractivity contribution is -0.143. The van der Waals surface area contributed by atoms with Crippen LogP contribution < -0.4 is 0 Å². The molecule has 2 aliphatic heterocycles. The highest BCUT2D eigenvalue weighted by molar-refractivity contribution is 5.82. The summed E-state index contributed by atoms with van der Waals surface area (Å²) in [7, 11) is 0. The van der Waals surface area contributed by atoms with Crippen molar-refractivity contribution >= 4 is 5.91 Å². The fourth-order valence-corrected chi connectivity index (χ4v) is 3.41. The number of piperidine rings is 1. The summed E-state index contributed by atoms with van der Waals surface area (Å²) in [6.07, 6.45) is 4.77. The third-order valence-electron chi connectivity index (χ3n) is 4.74. The Morgan fingerprint density at radius 3 is 2.45 bits per heavy atom. The number of carbonyl (C=O) groups is 1. The van der Waals surface area contributed by atoms with Crippen LogP contribution in [0.15, 0.2) is 0 Å².